The molecule has 3 aromatic rings. The minimum Gasteiger partial charge on any atom is -0.350 e. The number of likely N-dealkylation sites (N-methyl/N-ethyl adjacent to an activating group) is 1. The Morgan fingerprint density at radius 3 is 2.22 bits per heavy atom. The molecule has 1 atom stereocenters. The van der Waals surface area contributed by atoms with Crippen molar-refractivity contribution in [2.24, 2.45) is 5.92 Å². The topological polar surface area (TPSA) is 111 Å². The van der Waals surface area contributed by atoms with Crippen LogP contribution < -0.4 is 21.3 Å². The normalized spacial score (nSPS) is 17.4. The number of carbonyl (C=O) groups excluding carboxylic acids is 2. The highest BCUT2D eigenvalue weighted by atomic mass is 16.2. The number of nitrogens with zero attached hydrogens (tertiary/aromatic N) is 3. The van der Waals surface area contributed by atoms with E-state index in [4.69, 9.17) is 0 Å². The van der Waals surface area contributed by atoms with Gasteiger partial charge in [-0.05, 0) is 54.8 Å². The highest BCUT2D eigenvalue weighted by Gasteiger charge is 2.22. The summed E-state index contributed by atoms with van der Waals surface area (Å²) in [5.41, 5.74) is 3.71. The van der Waals surface area contributed by atoms with E-state index in [2.05, 4.69) is 31.2 Å². The van der Waals surface area contributed by atoms with E-state index in [0.29, 0.717) is 31.1 Å². The van der Waals surface area contributed by atoms with Crippen LogP contribution in [0.5, 0.6) is 0 Å². The molecule has 4 N–H and O–H groups in total. The third kappa shape index (κ3) is 7.26. The maximum absolute atomic E-state index is 13.0. The molecule has 4 rings (SSSR count). The van der Waals surface area contributed by atoms with Crippen LogP contribution in [0, 0.1) is 5.92 Å². The van der Waals surface area contributed by atoms with Crippen molar-refractivity contribution in [2.45, 2.75) is 39.4 Å². The molecule has 6 bridgehead atoms. The average Bonchev–Trinajstić information content (AvgIpc) is 2.82. The second kappa shape index (κ2) is 11.6. The Morgan fingerprint density at radius 1 is 0.917 bits per heavy atom. The van der Waals surface area contributed by atoms with Crippen molar-refractivity contribution in [1.82, 2.24) is 25.5 Å². The van der Waals surface area contributed by atoms with Crippen molar-refractivity contribution in [2.75, 3.05) is 24.2 Å². The van der Waals surface area contributed by atoms with Crippen LogP contribution in [-0.4, -0.2) is 46.3 Å². The summed E-state index contributed by atoms with van der Waals surface area (Å²) in [6.45, 7) is 5.19. The summed E-state index contributed by atoms with van der Waals surface area (Å²) in [6.07, 6.45) is 2.07. The number of aromatic nitrogens is 2. The van der Waals surface area contributed by atoms with Crippen LogP contribution in [0.25, 0.3) is 0 Å². The zero-order valence-electron chi connectivity index (χ0n) is 20.9. The van der Waals surface area contributed by atoms with E-state index in [-0.39, 0.29) is 24.3 Å². The Kier molecular flexibility index (Phi) is 8.12. The van der Waals surface area contributed by atoms with E-state index in [0.717, 1.165) is 22.5 Å². The van der Waals surface area contributed by atoms with Crippen molar-refractivity contribution in [3.05, 3.63) is 72.1 Å². The summed E-state index contributed by atoms with van der Waals surface area (Å²) in [6, 6.07) is 17.0. The Morgan fingerprint density at radius 2 is 1.56 bits per heavy atom. The first-order valence-electron chi connectivity index (χ1n) is 12.1. The van der Waals surface area contributed by atoms with Gasteiger partial charge in [-0.25, -0.2) is 9.97 Å². The molecule has 36 heavy (non-hydrogen) atoms. The molecule has 0 fully saturated rings. The van der Waals surface area contributed by atoms with Crippen LogP contribution in [-0.2, 0) is 22.7 Å². The van der Waals surface area contributed by atoms with Crippen LogP contribution in [0.1, 0.15) is 31.4 Å². The molecule has 188 valence electrons. The Labute approximate surface area is 211 Å². The van der Waals surface area contributed by atoms with Crippen molar-refractivity contribution >= 4 is 34.8 Å². The van der Waals surface area contributed by atoms with Crippen LogP contribution in [0.2, 0.25) is 0 Å². The van der Waals surface area contributed by atoms with Gasteiger partial charge in [0, 0.05) is 30.5 Å². The van der Waals surface area contributed by atoms with Crippen LogP contribution in [0.3, 0.4) is 0 Å². The first-order chi connectivity index (χ1) is 17.3. The largest absolute Gasteiger partial charge is 0.350 e. The van der Waals surface area contributed by atoms with Crippen molar-refractivity contribution < 1.29 is 9.59 Å². The lowest BCUT2D eigenvalue weighted by Crippen LogP contribution is -2.49. The van der Waals surface area contributed by atoms with E-state index < -0.39 is 6.04 Å². The van der Waals surface area contributed by atoms with Crippen molar-refractivity contribution in [1.29, 1.82) is 0 Å². The lowest BCUT2D eigenvalue weighted by atomic mass is 10.0. The summed E-state index contributed by atoms with van der Waals surface area (Å²) >= 11 is 0. The highest BCUT2D eigenvalue weighted by Crippen LogP contribution is 2.21. The summed E-state index contributed by atoms with van der Waals surface area (Å²) in [5.74, 6) is 1.20. The predicted molar refractivity (Wildman–Crippen MR) is 141 cm³/mol. The van der Waals surface area contributed by atoms with E-state index in [1.54, 1.807) is 0 Å². The predicted octanol–water partition coefficient (Wildman–Crippen LogP) is 3.56. The van der Waals surface area contributed by atoms with Gasteiger partial charge >= 0.3 is 0 Å². The fraction of sp³-hybridized carbons (Fsp3) is 0.333. The second-order valence-electron chi connectivity index (χ2n) is 9.58. The molecular weight excluding hydrogens is 454 g/mol. The molecule has 9 heteroatoms. The van der Waals surface area contributed by atoms with E-state index in [1.807, 2.05) is 80.4 Å². The number of fused-ring (bicyclic) bond motifs is 6. The number of nitrogens with one attached hydrogen (secondary N) is 4. The highest BCUT2D eigenvalue weighted by molar-refractivity contribution is 5.88. The number of benzene rings is 2. The quantitative estimate of drug-likeness (QED) is 0.437. The summed E-state index contributed by atoms with van der Waals surface area (Å²) < 4.78 is 0. The van der Waals surface area contributed by atoms with Gasteiger partial charge in [0.15, 0.2) is 0 Å². The van der Waals surface area contributed by atoms with Gasteiger partial charge in [0.2, 0.25) is 11.8 Å². The fourth-order valence-corrected chi connectivity index (χ4v) is 4.16. The summed E-state index contributed by atoms with van der Waals surface area (Å²) in [5, 5.41) is 12.5. The Balaban J connectivity index is 1.62. The SMILES string of the molecule is CC(C)CC1NC(=O)CN(C)Cc2cccc(c2)Nc2cc(ncn2)Nc2cccc(c2)CNC1=O. The van der Waals surface area contributed by atoms with Crippen molar-refractivity contribution in [3.63, 3.8) is 0 Å². The van der Waals surface area contributed by atoms with E-state index >= 15 is 0 Å². The van der Waals surface area contributed by atoms with Gasteiger partial charge in [-0.1, -0.05) is 38.1 Å². The molecule has 1 aromatic heterocycles. The van der Waals surface area contributed by atoms with Gasteiger partial charge < -0.3 is 21.3 Å². The van der Waals surface area contributed by atoms with Crippen LogP contribution in [0.4, 0.5) is 23.0 Å². The molecule has 1 aliphatic rings. The molecule has 0 aliphatic carbocycles. The standard InChI is InChI=1S/C27H33N7O2/c1-18(2)10-23-27(36)28-14-19-6-4-8-21(11-19)31-24-13-25(30-17-29-24)32-22-9-5-7-20(12-22)15-34(3)16-26(35)33-23/h4-9,11-13,17-18,23H,10,14-16H2,1-3H3,(H,28,36)(H,33,35)(H2,29,30,31,32). The molecule has 2 heterocycles. The molecule has 0 radical (unpaired) electrons. The fourth-order valence-electron chi connectivity index (χ4n) is 4.16. The van der Waals surface area contributed by atoms with Gasteiger partial charge in [0.1, 0.15) is 24.0 Å². The van der Waals surface area contributed by atoms with Crippen LogP contribution >= 0.6 is 0 Å². The van der Waals surface area contributed by atoms with Gasteiger partial charge in [-0.2, -0.15) is 0 Å². The summed E-state index contributed by atoms with van der Waals surface area (Å²) in [4.78, 5) is 36.4. The minimum atomic E-state index is -0.593. The van der Waals surface area contributed by atoms with E-state index in [9.17, 15) is 9.59 Å². The zero-order chi connectivity index (χ0) is 25.5. The molecule has 0 saturated carbocycles. The smallest absolute Gasteiger partial charge is 0.242 e. The molecule has 0 spiro atoms. The van der Waals surface area contributed by atoms with E-state index in [1.165, 1.54) is 6.33 Å². The molecule has 0 saturated heterocycles. The lowest BCUT2D eigenvalue weighted by molar-refractivity contribution is -0.130. The second-order valence-corrected chi connectivity index (χ2v) is 9.58. The van der Waals surface area contributed by atoms with Crippen LogP contribution in [0.15, 0.2) is 60.9 Å². The Bertz CT molecular complexity index is 1210. The number of anilines is 4. The first-order valence-corrected chi connectivity index (χ1v) is 12.1. The van der Waals surface area contributed by atoms with Gasteiger partial charge in [0.05, 0.1) is 6.54 Å². The molecule has 1 aliphatic heterocycles. The molecular formula is C27H33N7O2. The molecule has 9 nitrogen and oxygen atoms in total. The number of hydrogen-bond acceptors (Lipinski definition) is 7. The van der Waals surface area contributed by atoms with Gasteiger partial charge in [0.25, 0.3) is 0 Å². The first kappa shape index (κ1) is 25.1. The molecule has 2 aromatic carbocycles. The molecule has 1 unspecified atom stereocenters. The maximum Gasteiger partial charge on any atom is 0.242 e. The third-order valence-corrected chi connectivity index (χ3v) is 5.76. The maximum atomic E-state index is 13.0. The number of amides is 2. The zero-order valence-corrected chi connectivity index (χ0v) is 20.9. The minimum absolute atomic E-state index is 0.179. The lowest BCUT2D eigenvalue weighted by Gasteiger charge is -2.23. The average molecular weight is 488 g/mol. The number of hydrogen-bond donors (Lipinski definition) is 4. The number of carbonyl (C=O) groups is 2. The molecule has 2 amide bonds. The number of rotatable bonds is 2. The Hall–Kier alpha value is -3.98. The van der Waals surface area contributed by atoms with Gasteiger partial charge in [-0.15, -0.1) is 0 Å². The van der Waals surface area contributed by atoms with Gasteiger partial charge in [-0.3, -0.25) is 14.5 Å². The monoisotopic (exact) mass is 487 g/mol. The summed E-state index contributed by atoms with van der Waals surface area (Å²) in [7, 11) is 1.89. The third-order valence-electron chi connectivity index (χ3n) is 5.76. The van der Waals surface area contributed by atoms with Crippen molar-refractivity contribution in [3.8, 4) is 0 Å².